The lowest BCUT2D eigenvalue weighted by molar-refractivity contribution is -0.126. The van der Waals surface area contributed by atoms with Gasteiger partial charge in [-0.2, -0.15) is 0 Å². The Labute approximate surface area is 78.1 Å². The van der Waals surface area contributed by atoms with Crippen molar-refractivity contribution in [2.24, 2.45) is 5.73 Å². The van der Waals surface area contributed by atoms with Crippen LogP contribution in [0.3, 0.4) is 0 Å². The largest absolute Gasteiger partial charge is 0.330 e. The van der Waals surface area contributed by atoms with Crippen LogP contribution in [0.15, 0.2) is 0 Å². The van der Waals surface area contributed by atoms with Crippen LogP contribution < -0.4 is 16.4 Å². The maximum atomic E-state index is 11.1. The molecule has 2 amide bonds. The van der Waals surface area contributed by atoms with Crippen molar-refractivity contribution in [2.45, 2.75) is 25.3 Å². The van der Waals surface area contributed by atoms with Gasteiger partial charge in [0.05, 0.1) is 6.04 Å². The fraction of sp³-hybridized carbons (Fsp3) is 0.750. The van der Waals surface area contributed by atoms with Gasteiger partial charge in [0.2, 0.25) is 12.3 Å². The molecule has 0 aromatic rings. The van der Waals surface area contributed by atoms with Gasteiger partial charge in [0.1, 0.15) is 0 Å². The Morgan fingerprint density at radius 2 is 2.23 bits per heavy atom. The van der Waals surface area contributed by atoms with Gasteiger partial charge in [0.15, 0.2) is 0 Å². The van der Waals surface area contributed by atoms with Gasteiger partial charge in [-0.25, -0.2) is 0 Å². The molecule has 0 unspecified atom stereocenters. The highest BCUT2D eigenvalue weighted by atomic mass is 16.2. The second-order valence-electron chi connectivity index (χ2n) is 2.75. The zero-order valence-electron chi connectivity index (χ0n) is 7.88. The molecule has 13 heavy (non-hydrogen) atoms. The molecule has 0 heterocycles. The highest BCUT2D eigenvalue weighted by Gasteiger charge is 2.14. The minimum Gasteiger partial charge on any atom is -0.330 e. The van der Waals surface area contributed by atoms with Crippen LogP contribution >= 0.6 is 0 Å². The van der Waals surface area contributed by atoms with E-state index < -0.39 is 0 Å². The van der Waals surface area contributed by atoms with Crippen molar-refractivity contribution < 1.29 is 9.59 Å². The Balaban J connectivity index is 3.73. The number of amides is 2. The van der Waals surface area contributed by atoms with E-state index in [9.17, 15) is 9.59 Å². The Kier molecular flexibility index (Phi) is 7.14. The number of hydrogen-bond donors (Lipinski definition) is 3. The average molecular weight is 187 g/mol. The third-order valence-electron chi connectivity index (χ3n) is 1.81. The lowest BCUT2D eigenvalue weighted by Gasteiger charge is -2.12. The van der Waals surface area contributed by atoms with E-state index >= 15 is 0 Å². The molecule has 5 heteroatoms. The smallest absolute Gasteiger partial charge is 0.243 e. The minimum atomic E-state index is -0.295. The molecule has 0 fully saturated rings. The molecule has 0 aromatic carbocycles. The third kappa shape index (κ3) is 5.32. The van der Waals surface area contributed by atoms with Gasteiger partial charge in [-0.1, -0.05) is 6.42 Å². The van der Waals surface area contributed by atoms with Crippen LogP contribution in [0.25, 0.3) is 0 Å². The summed E-state index contributed by atoms with van der Waals surface area (Å²) in [6.07, 6.45) is 2.88. The molecule has 0 spiro atoms. The molecule has 0 radical (unpaired) electrons. The standard InChI is InChI=1S/C8H17N3O2/c1-10-7(4-2-3-5-9)8(13)11-6-12/h6-7,10H,2-5,9H2,1H3,(H,11,12,13)/t7-/m0/s1. The number of likely N-dealkylation sites (N-methyl/N-ethyl adjacent to an activating group) is 1. The normalized spacial score (nSPS) is 12.2. The molecular formula is C8H17N3O2. The van der Waals surface area contributed by atoms with Gasteiger partial charge < -0.3 is 11.1 Å². The number of carbonyl (C=O) groups is 2. The second kappa shape index (κ2) is 7.70. The first-order valence-corrected chi connectivity index (χ1v) is 4.37. The van der Waals surface area contributed by atoms with Crippen molar-refractivity contribution in [2.75, 3.05) is 13.6 Å². The Bertz CT molecular complexity index is 161. The zero-order valence-corrected chi connectivity index (χ0v) is 7.88. The molecule has 0 aliphatic rings. The maximum absolute atomic E-state index is 11.1. The fourth-order valence-corrected chi connectivity index (χ4v) is 1.06. The highest BCUT2D eigenvalue weighted by molar-refractivity contribution is 5.89. The van der Waals surface area contributed by atoms with Gasteiger partial charge in [-0.3, -0.25) is 14.9 Å². The third-order valence-corrected chi connectivity index (χ3v) is 1.81. The van der Waals surface area contributed by atoms with Crippen LogP contribution in [0, 0.1) is 0 Å². The summed E-state index contributed by atoms with van der Waals surface area (Å²) in [7, 11) is 1.69. The number of imide groups is 1. The number of rotatable bonds is 7. The summed E-state index contributed by atoms with van der Waals surface area (Å²) >= 11 is 0. The SMILES string of the molecule is CN[C@@H](CCCCN)C(=O)NC=O. The first kappa shape index (κ1) is 12.1. The molecular weight excluding hydrogens is 170 g/mol. The van der Waals surface area contributed by atoms with Crippen molar-refractivity contribution in [1.82, 2.24) is 10.6 Å². The van der Waals surface area contributed by atoms with E-state index in [0.29, 0.717) is 19.4 Å². The fourth-order valence-electron chi connectivity index (χ4n) is 1.06. The molecule has 1 atom stereocenters. The van der Waals surface area contributed by atoms with E-state index in [1.54, 1.807) is 7.05 Å². The summed E-state index contributed by atoms with van der Waals surface area (Å²) in [5.41, 5.74) is 5.31. The molecule has 0 aliphatic carbocycles. The van der Waals surface area contributed by atoms with Gasteiger partial charge in [-0.05, 0) is 26.4 Å². The summed E-state index contributed by atoms with van der Waals surface area (Å²) in [5, 5.41) is 4.94. The Hall–Kier alpha value is -0.940. The zero-order chi connectivity index (χ0) is 10.1. The van der Waals surface area contributed by atoms with Crippen LogP contribution in [0.4, 0.5) is 0 Å². The number of nitrogens with one attached hydrogen (secondary N) is 2. The predicted molar refractivity (Wildman–Crippen MR) is 50.0 cm³/mol. The van der Waals surface area contributed by atoms with Crippen LogP contribution in [0.2, 0.25) is 0 Å². The van der Waals surface area contributed by atoms with Crippen molar-refractivity contribution >= 4 is 12.3 Å². The van der Waals surface area contributed by atoms with E-state index in [1.165, 1.54) is 0 Å². The molecule has 0 rings (SSSR count). The van der Waals surface area contributed by atoms with Gasteiger partial charge in [-0.15, -0.1) is 0 Å². The summed E-state index contributed by atoms with van der Waals surface area (Å²) in [5.74, 6) is -0.283. The van der Waals surface area contributed by atoms with E-state index in [0.717, 1.165) is 12.8 Å². The Morgan fingerprint density at radius 1 is 1.54 bits per heavy atom. The van der Waals surface area contributed by atoms with E-state index in [-0.39, 0.29) is 11.9 Å². The summed E-state index contributed by atoms with van der Waals surface area (Å²) in [6, 6.07) is -0.295. The number of unbranched alkanes of at least 4 members (excludes halogenated alkanes) is 1. The summed E-state index contributed by atoms with van der Waals surface area (Å²) in [6.45, 7) is 0.631. The quantitative estimate of drug-likeness (QED) is 0.352. The van der Waals surface area contributed by atoms with Crippen molar-refractivity contribution in [3.8, 4) is 0 Å². The number of hydrogen-bond acceptors (Lipinski definition) is 4. The predicted octanol–water partition coefficient (Wildman–Crippen LogP) is -1.02. The molecule has 0 saturated heterocycles. The first-order chi connectivity index (χ1) is 6.26. The topological polar surface area (TPSA) is 84.2 Å². The van der Waals surface area contributed by atoms with E-state index in [2.05, 4.69) is 10.6 Å². The number of carbonyl (C=O) groups excluding carboxylic acids is 2. The number of nitrogens with two attached hydrogens (primary N) is 1. The van der Waals surface area contributed by atoms with Crippen LogP contribution in [0.1, 0.15) is 19.3 Å². The summed E-state index contributed by atoms with van der Waals surface area (Å²) in [4.78, 5) is 21.1. The Morgan fingerprint density at radius 3 is 2.69 bits per heavy atom. The van der Waals surface area contributed by atoms with Gasteiger partial charge in [0, 0.05) is 0 Å². The minimum absolute atomic E-state index is 0.283. The molecule has 0 aromatic heterocycles. The van der Waals surface area contributed by atoms with Crippen molar-refractivity contribution in [3.63, 3.8) is 0 Å². The van der Waals surface area contributed by atoms with Crippen molar-refractivity contribution in [3.05, 3.63) is 0 Å². The molecule has 5 nitrogen and oxygen atoms in total. The van der Waals surface area contributed by atoms with E-state index in [4.69, 9.17) is 5.73 Å². The molecule has 0 saturated carbocycles. The maximum Gasteiger partial charge on any atom is 0.243 e. The van der Waals surface area contributed by atoms with Crippen LogP contribution in [-0.4, -0.2) is 32.0 Å². The second-order valence-corrected chi connectivity index (χ2v) is 2.75. The summed E-state index contributed by atoms with van der Waals surface area (Å²) < 4.78 is 0. The lowest BCUT2D eigenvalue weighted by Crippen LogP contribution is -2.42. The van der Waals surface area contributed by atoms with Gasteiger partial charge >= 0.3 is 0 Å². The van der Waals surface area contributed by atoms with Crippen molar-refractivity contribution in [1.29, 1.82) is 0 Å². The average Bonchev–Trinajstić information content (AvgIpc) is 2.13. The van der Waals surface area contributed by atoms with Crippen LogP contribution in [-0.2, 0) is 9.59 Å². The first-order valence-electron chi connectivity index (χ1n) is 4.37. The molecule has 0 bridgehead atoms. The molecule has 76 valence electrons. The van der Waals surface area contributed by atoms with Gasteiger partial charge in [0.25, 0.3) is 0 Å². The lowest BCUT2D eigenvalue weighted by atomic mass is 10.1. The highest BCUT2D eigenvalue weighted by Crippen LogP contribution is 1.99. The van der Waals surface area contributed by atoms with Crippen LogP contribution in [0.5, 0.6) is 0 Å². The monoisotopic (exact) mass is 187 g/mol. The van der Waals surface area contributed by atoms with E-state index in [1.807, 2.05) is 0 Å². The molecule has 4 N–H and O–H groups in total. The molecule has 0 aliphatic heterocycles.